The lowest BCUT2D eigenvalue weighted by molar-refractivity contribution is 0.559. The average Bonchev–Trinajstić information content (AvgIpc) is 2.59. The highest BCUT2D eigenvalue weighted by Gasteiger charge is 2.06. The van der Waals surface area contributed by atoms with Crippen molar-refractivity contribution in [2.75, 3.05) is 12.3 Å². The van der Waals surface area contributed by atoms with E-state index in [1.54, 1.807) is 0 Å². The topological polar surface area (TPSA) is 29.9 Å². The van der Waals surface area contributed by atoms with Gasteiger partial charge in [-0.3, -0.25) is 0 Å². The summed E-state index contributed by atoms with van der Waals surface area (Å²) in [6, 6.07) is 0.599. The minimum absolute atomic E-state index is 0.599. The summed E-state index contributed by atoms with van der Waals surface area (Å²) < 4.78 is 2.06. The van der Waals surface area contributed by atoms with E-state index < -0.39 is 0 Å². The van der Waals surface area contributed by atoms with Gasteiger partial charge in [0, 0.05) is 31.2 Å². The Morgan fingerprint density at radius 1 is 1.57 bits per heavy atom. The van der Waals surface area contributed by atoms with Gasteiger partial charge in [0.1, 0.15) is 0 Å². The maximum atomic E-state index is 4.28. The first kappa shape index (κ1) is 11.6. The molecule has 0 aromatic carbocycles. The van der Waals surface area contributed by atoms with Crippen LogP contribution in [-0.2, 0) is 7.05 Å². The van der Waals surface area contributed by atoms with Gasteiger partial charge < -0.3 is 9.88 Å². The lowest BCUT2D eigenvalue weighted by Gasteiger charge is -2.14. The number of thioether (sulfide) groups is 1. The summed E-state index contributed by atoms with van der Waals surface area (Å²) in [6.07, 6.45) is 5.00. The largest absolute Gasteiger partial charge is 0.329 e. The predicted molar refractivity (Wildman–Crippen MR) is 61.7 cm³/mol. The molecule has 3 nitrogen and oxygen atoms in total. The van der Waals surface area contributed by atoms with E-state index in [0.717, 1.165) is 17.5 Å². The van der Waals surface area contributed by atoms with Gasteiger partial charge in [-0.1, -0.05) is 25.6 Å². The second-order valence-electron chi connectivity index (χ2n) is 3.29. The Kier molecular flexibility index (Phi) is 5.04. The predicted octanol–water partition coefficient (Wildman–Crippen LogP) is 1.90. The molecule has 0 aliphatic carbocycles. The van der Waals surface area contributed by atoms with Crippen LogP contribution < -0.4 is 5.32 Å². The van der Waals surface area contributed by atoms with Crippen molar-refractivity contribution in [3.8, 4) is 0 Å². The van der Waals surface area contributed by atoms with Crippen LogP contribution in [-0.4, -0.2) is 27.9 Å². The van der Waals surface area contributed by atoms with E-state index >= 15 is 0 Å². The number of imidazole rings is 1. The fraction of sp³-hybridized carbons (Fsp3) is 0.700. The van der Waals surface area contributed by atoms with Crippen molar-refractivity contribution in [1.82, 2.24) is 14.9 Å². The first-order valence-corrected chi connectivity index (χ1v) is 6.10. The summed E-state index contributed by atoms with van der Waals surface area (Å²) in [5.41, 5.74) is 0. The van der Waals surface area contributed by atoms with Gasteiger partial charge in [0.15, 0.2) is 5.16 Å². The van der Waals surface area contributed by atoms with Gasteiger partial charge in [-0.15, -0.1) is 0 Å². The van der Waals surface area contributed by atoms with Crippen LogP contribution in [0.1, 0.15) is 20.3 Å². The van der Waals surface area contributed by atoms with Crippen LogP contribution >= 0.6 is 11.8 Å². The lowest BCUT2D eigenvalue weighted by atomic mass is 10.2. The van der Waals surface area contributed by atoms with Crippen molar-refractivity contribution < 1.29 is 0 Å². The molecule has 1 aromatic rings. The summed E-state index contributed by atoms with van der Waals surface area (Å²) in [5, 5.41) is 4.55. The Balaban J connectivity index is 2.35. The highest BCUT2D eigenvalue weighted by atomic mass is 32.2. The molecule has 4 heteroatoms. The van der Waals surface area contributed by atoms with Gasteiger partial charge in [0.05, 0.1) is 0 Å². The van der Waals surface area contributed by atoms with Gasteiger partial charge in [-0.25, -0.2) is 4.98 Å². The van der Waals surface area contributed by atoms with Crippen LogP contribution in [0.15, 0.2) is 17.6 Å². The van der Waals surface area contributed by atoms with Crippen LogP contribution in [0.5, 0.6) is 0 Å². The molecule has 0 saturated heterocycles. The van der Waals surface area contributed by atoms with Gasteiger partial charge in [0.2, 0.25) is 0 Å². The third kappa shape index (κ3) is 3.35. The van der Waals surface area contributed by atoms with Crippen molar-refractivity contribution >= 4 is 11.8 Å². The van der Waals surface area contributed by atoms with E-state index in [2.05, 4.69) is 28.7 Å². The van der Waals surface area contributed by atoms with Crippen molar-refractivity contribution in [2.45, 2.75) is 31.5 Å². The van der Waals surface area contributed by atoms with Crippen LogP contribution in [0.3, 0.4) is 0 Å². The minimum Gasteiger partial charge on any atom is -0.329 e. The Bertz CT molecular complexity index is 260. The molecule has 0 radical (unpaired) electrons. The lowest BCUT2D eigenvalue weighted by Crippen LogP contribution is -2.30. The Hall–Kier alpha value is -0.480. The van der Waals surface area contributed by atoms with E-state index in [0.29, 0.717) is 6.04 Å². The van der Waals surface area contributed by atoms with E-state index in [1.807, 2.05) is 31.2 Å². The zero-order valence-corrected chi connectivity index (χ0v) is 9.97. The van der Waals surface area contributed by atoms with Crippen LogP contribution in [0.25, 0.3) is 0 Å². The molecule has 1 rings (SSSR count). The molecular formula is C10H19N3S. The number of hydrogen-bond acceptors (Lipinski definition) is 3. The third-order valence-electron chi connectivity index (χ3n) is 2.18. The van der Waals surface area contributed by atoms with E-state index in [1.165, 1.54) is 6.42 Å². The molecular weight excluding hydrogens is 194 g/mol. The van der Waals surface area contributed by atoms with Crippen LogP contribution in [0.2, 0.25) is 0 Å². The Labute approximate surface area is 90.3 Å². The van der Waals surface area contributed by atoms with Gasteiger partial charge >= 0.3 is 0 Å². The van der Waals surface area contributed by atoms with Gasteiger partial charge in [0.25, 0.3) is 0 Å². The average molecular weight is 213 g/mol. The standard InChI is InChI=1S/C10H19N3S/c1-4-9(11-5-2)8-14-10-12-6-7-13(10)3/h6-7,9,11H,4-5,8H2,1-3H3. The molecule has 1 atom stereocenters. The molecule has 14 heavy (non-hydrogen) atoms. The molecule has 0 spiro atoms. The summed E-state index contributed by atoms with van der Waals surface area (Å²) >= 11 is 1.82. The first-order chi connectivity index (χ1) is 6.77. The third-order valence-corrected chi connectivity index (χ3v) is 3.40. The molecule has 80 valence electrons. The molecule has 0 aliphatic rings. The number of aryl methyl sites for hydroxylation is 1. The fourth-order valence-corrected chi connectivity index (χ4v) is 2.38. The van der Waals surface area contributed by atoms with Crippen molar-refractivity contribution in [3.05, 3.63) is 12.4 Å². The molecule has 1 heterocycles. The second kappa shape index (κ2) is 6.09. The zero-order valence-electron chi connectivity index (χ0n) is 9.16. The van der Waals surface area contributed by atoms with Crippen LogP contribution in [0.4, 0.5) is 0 Å². The summed E-state index contributed by atoms with van der Waals surface area (Å²) in [4.78, 5) is 4.28. The fourth-order valence-electron chi connectivity index (χ4n) is 1.28. The number of aromatic nitrogens is 2. The molecule has 0 saturated carbocycles. The summed E-state index contributed by atoms with van der Waals surface area (Å²) in [5.74, 6) is 1.09. The minimum atomic E-state index is 0.599. The number of nitrogens with one attached hydrogen (secondary N) is 1. The molecule has 0 bridgehead atoms. The van der Waals surface area contributed by atoms with Crippen LogP contribution in [0, 0.1) is 0 Å². The summed E-state index contributed by atoms with van der Waals surface area (Å²) in [6.45, 7) is 5.40. The van der Waals surface area contributed by atoms with Gasteiger partial charge in [-0.05, 0) is 13.0 Å². The zero-order chi connectivity index (χ0) is 10.4. The molecule has 1 N–H and O–H groups in total. The maximum Gasteiger partial charge on any atom is 0.167 e. The van der Waals surface area contributed by atoms with Crippen molar-refractivity contribution in [2.24, 2.45) is 7.05 Å². The van der Waals surface area contributed by atoms with E-state index in [4.69, 9.17) is 0 Å². The second-order valence-corrected chi connectivity index (χ2v) is 4.28. The smallest absolute Gasteiger partial charge is 0.167 e. The number of rotatable bonds is 6. The highest BCUT2D eigenvalue weighted by Crippen LogP contribution is 2.16. The monoisotopic (exact) mass is 213 g/mol. The number of nitrogens with zero attached hydrogens (tertiary/aromatic N) is 2. The first-order valence-electron chi connectivity index (χ1n) is 5.11. The Morgan fingerprint density at radius 2 is 2.36 bits per heavy atom. The molecule has 0 aliphatic heterocycles. The van der Waals surface area contributed by atoms with E-state index in [9.17, 15) is 0 Å². The van der Waals surface area contributed by atoms with E-state index in [-0.39, 0.29) is 0 Å². The molecule has 1 unspecified atom stereocenters. The summed E-state index contributed by atoms with van der Waals surface area (Å²) in [7, 11) is 2.03. The number of hydrogen-bond donors (Lipinski definition) is 1. The molecule has 1 aromatic heterocycles. The maximum absolute atomic E-state index is 4.28. The SMILES string of the molecule is CCNC(CC)CSc1nccn1C. The molecule has 0 amide bonds. The highest BCUT2D eigenvalue weighted by molar-refractivity contribution is 7.99. The quantitative estimate of drug-likeness (QED) is 0.732. The van der Waals surface area contributed by atoms with Gasteiger partial charge in [-0.2, -0.15) is 0 Å². The van der Waals surface area contributed by atoms with Crippen molar-refractivity contribution in [3.63, 3.8) is 0 Å². The molecule has 0 fully saturated rings. The van der Waals surface area contributed by atoms with Crippen molar-refractivity contribution in [1.29, 1.82) is 0 Å². The normalized spacial score (nSPS) is 13.1. The Morgan fingerprint density at radius 3 is 2.86 bits per heavy atom.